The predicted molar refractivity (Wildman–Crippen MR) is 111 cm³/mol. The summed E-state index contributed by atoms with van der Waals surface area (Å²) >= 11 is 0. The van der Waals surface area contributed by atoms with Gasteiger partial charge in [-0.1, -0.05) is 24.3 Å². The van der Waals surface area contributed by atoms with Crippen molar-refractivity contribution < 1.29 is 9.90 Å². The second-order valence-electron chi connectivity index (χ2n) is 6.66. The number of hydrogen-bond acceptors (Lipinski definition) is 4. The second kappa shape index (κ2) is 9.33. The lowest BCUT2D eigenvalue weighted by Crippen LogP contribution is -2.44. The summed E-state index contributed by atoms with van der Waals surface area (Å²) in [6.45, 7) is 0.767. The molecule has 0 fully saturated rings. The molecule has 3 N–H and O–H groups in total. The molecular weight excluding hydrogens is 385 g/mol. The predicted octanol–water partition coefficient (Wildman–Crippen LogP) is 3.44. The number of carbonyl (C=O) groups excluding carboxylic acids is 1. The Morgan fingerprint density at radius 3 is 2.78 bits per heavy atom. The molecule has 0 saturated carbocycles. The fourth-order valence-electron chi connectivity index (χ4n) is 3.49. The van der Waals surface area contributed by atoms with Crippen molar-refractivity contribution in [3.05, 3.63) is 65.4 Å². The highest BCUT2D eigenvalue weighted by Crippen LogP contribution is 2.20. The maximum atomic E-state index is 12.4. The largest absolute Gasteiger partial charge is 0.391 e. The summed E-state index contributed by atoms with van der Waals surface area (Å²) in [5, 5.41) is 21.7. The van der Waals surface area contributed by atoms with Crippen LogP contribution < -0.4 is 5.32 Å². The van der Waals surface area contributed by atoms with E-state index in [-0.39, 0.29) is 36.6 Å². The highest BCUT2D eigenvalue weighted by atomic mass is 35.5. The molecule has 0 spiro atoms. The van der Waals surface area contributed by atoms with E-state index < -0.39 is 6.10 Å². The van der Waals surface area contributed by atoms with Gasteiger partial charge >= 0.3 is 0 Å². The number of benzene rings is 2. The van der Waals surface area contributed by atoms with Crippen LogP contribution in [0.3, 0.4) is 0 Å². The van der Waals surface area contributed by atoms with Crippen LogP contribution in [0.4, 0.5) is 0 Å². The van der Waals surface area contributed by atoms with E-state index in [4.69, 9.17) is 0 Å². The highest BCUT2D eigenvalue weighted by molar-refractivity contribution is 5.99. The average molecular weight is 408 g/mol. The number of carbonyl (C=O) groups is 1. The quantitative estimate of drug-likeness (QED) is 0.566. The maximum absolute atomic E-state index is 12.4. The van der Waals surface area contributed by atoms with Gasteiger partial charge in [-0.3, -0.25) is 9.89 Å². The summed E-state index contributed by atoms with van der Waals surface area (Å²) in [7, 11) is 0. The Balaban J connectivity index is 0.00000131. The molecule has 0 saturated heterocycles. The number of rotatable bonds is 5. The molecule has 5 nitrogen and oxygen atoms in total. The number of H-pyrrole nitrogens is 1. The number of aliphatic hydroxyl groups excluding tert-OH is 1. The first kappa shape index (κ1) is 21.4. The van der Waals surface area contributed by atoms with Gasteiger partial charge in [0.2, 0.25) is 0 Å². The molecule has 27 heavy (non-hydrogen) atoms. The van der Waals surface area contributed by atoms with Crippen LogP contribution in [-0.2, 0) is 13.0 Å². The van der Waals surface area contributed by atoms with Gasteiger partial charge in [0.15, 0.2) is 5.78 Å². The summed E-state index contributed by atoms with van der Waals surface area (Å²) in [6, 6.07) is 13.8. The summed E-state index contributed by atoms with van der Waals surface area (Å²) in [4.78, 5) is 12.4. The number of aromatic amines is 1. The minimum Gasteiger partial charge on any atom is -0.391 e. The lowest BCUT2D eigenvalue weighted by molar-refractivity contribution is 0.0877. The molecule has 144 valence electrons. The minimum absolute atomic E-state index is 0. The third kappa shape index (κ3) is 4.68. The topological polar surface area (TPSA) is 78.0 Å². The van der Waals surface area contributed by atoms with E-state index in [0.29, 0.717) is 18.4 Å². The van der Waals surface area contributed by atoms with Gasteiger partial charge in [-0.25, -0.2) is 0 Å². The maximum Gasteiger partial charge on any atom is 0.162 e. The Labute approximate surface area is 170 Å². The Morgan fingerprint density at radius 2 is 1.96 bits per heavy atom. The Morgan fingerprint density at radius 1 is 1.19 bits per heavy atom. The number of ketones is 1. The minimum atomic E-state index is -0.532. The first-order chi connectivity index (χ1) is 12.2. The van der Waals surface area contributed by atoms with Gasteiger partial charge in [-0.05, 0) is 42.2 Å². The lowest BCUT2D eigenvalue weighted by atomic mass is 9.90. The molecule has 1 aliphatic rings. The fourth-order valence-corrected chi connectivity index (χ4v) is 3.49. The third-order valence-corrected chi connectivity index (χ3v) is 5.01. The Bertz CT molecular complexity index is 913. The van der Waals surface area contributed by atoms with Crippen molar-refractivity contribution in [3.63, 3.8) is 0 Å². The first-order valence-electron chi connectivity index (χ1n) is 8.65. The Kier molecular flexibility index (Phi) is 7.39. The van der Waals surface area contributed by atoms with Crippen molar-refractivity contribution in [1.82, 2.24) is 15.5 Å². The monoisotopic (exact) mass is 407 g/mol. The SMILES string of the molecule is Cl.Cl.O=C(CC[C@@H](O)[C@@H]1Cc2ccccc2CN1)c1ccc2[nH]ncc2c1. The van der Waals surface area contributed by atoms with Crippen LogP contribution in [0, 0.1) is 0 Å². The summed E-state index contributed by atoms with van der Waals surface area (Å²) in [6.07, 6.45) is 2.78. The van der Waals surface area contributed by atoms with Crippen molar-refractivity contribution >= 4 is 41.5 Å². The fraction of sp³-hybridized carbons (Fsp3) is 0.300. The standard InChI is InChI=1S/C20H21N3O2.2ClH/c24-19(14-5-6-17-16(9-14)12-22-23-17)7-8-20(25)18-10-13-3-1-2-4-15(13)11-21-18;;/h1-6,9,12,18,20-21,25H,7-8,10-11H2,(H,22,23);2*1H/t18-,20+;;/m0../s1. The normalized spacial score (nSPS) is 16.7. The molecule has 2 atom stereocenters. The molecule has 0 aliphatic carbocycles. The van der Waals surface area contributed by atoms with Crippen LogP contribution in [0.5, 0.6) is 0 Å². The number of halogens is 2. The number of nitrogens with one attached hydrogen (secondary N) is 2. The Hall–Kier alpha value is -1.92. The molecule has 0 bridgehead atoms. The zero-order valence-corrected chi connectivity index (χ0v) is 16.4. The number of hydrogen-bond donors (Lipinski definition) is 3. The summed E-state index contributed by atoms with van der Waals surface area (Å²) < 4.78 is 0. The van der Waals surface area contributed by atoms with Crippen molar-refractivity contribution in [2.75, 3.05) is 0 Å². The lowest BCUT2D eigenvalue weighted by Gasteiger charge is -2.29. The van der Waals surface area contributed by atoms with Crippen LogP contribution in [0.15, 0.2) is 48.7 Å². The van der Waals surface area contributed by atoms with E-state index in [9.17, 15) is 9.90 Å². The van der Waals surface area contributed by atoms with Crippen molar-refractivity contribution in [3.8, 4) is 0 Å². The van der Waals surface area contributed by atoms with E-state index in [1.165, 1.54) is 11.1 Å². The number of Topliss-reactive ketones (excluding diaryl/α,β-unsaturated/α-hetero) is 1. The van der Waals surface area contributed by atoms with E-state index in [1.54, 1.807) is 6.20 Å². The number of aliphatic hydroxyl groups is 1. The van der Waals surface area contributed by atoms with E-state index >= 15 is 0 Å². The van der Waals surface area contributed by atoms with Crippen molar-refractivity contribution in [2.45, 2.75) is 38.0 Å². The average Bonchev–Trinajstić information content (AvgIpc) is 3.13. The molecule has 4 rings (SSSR count). The molecule has 7 heteroatoms. The zero-order valence-electron chi connectivity index (χ0n) is 14.7. The van der Waals surface area contributed by atoms with Crippen LogP contribution in [0.2, 0.25) is 0 Å². The molecule has 1 aliphatic heterocycles. The third-order valence-electron chi connectivity index (χ3n) is 5.01. The van der Waals surface area contributed by atoms with Gasteiger partial charge in [0.05, 0.1) is 17.8 Å². The number of aromatic nitrogens is 2. The molecule has 0 amide bonds. The first-order valence-corrected chi connectivity index (χ1v) is 8.65. The van der Waals surface area contributed by atoms with E-state index in [2.05, 4.69) is 27.6 Å². The van der Waals surface area contributed by atoms with Crippen LogP contribution in [0.25, 0.3) is 10.9 Å². The molecule has 1 aromatic heterocycles. The van der Waals surface area contributed by atoms with Crippen LogP contribution in [-0.4, -0.2) is 33.2 Å². The second-order valence-corrected chi connectivity index (χ2v) is 6.66. The van der Waals surface area contributed by atoms with Gasteiger partial charge in [0, 0.05) is 30.0 Å². The molecule has 2 aromatic carbocycles. The smallest absolute Gasteiger partial charge is 0.162 e. The molecular formula is C20H23Cl2N3O2. The molecule has 0 unspecified atom stereocenters. The number of fused-ring (bicyclic) bond motifs is 2. The number of nitrogens with zero attached hydrogens (tertiary/aromatic N) is 1. The van der Waals surface area contributed by atoms with Crippen molar-refractivity contribution in [1.29, 1.82) is 0 Å². The summed E-state index contributed by atoms with van der Waals surface area (Å²) in [5.74, 6) is 0.0540. The van der Waals surface area contributed by atoms with Gasteiger partial charge in [-0.2, -0.15) is 5.10 Å². The van der Waals surface area contributed by atoms with E-state index in [1.807, 2.05) is 30.3 Å². The molecule has 2 heterocycles. The van der Waals surface area contributed by atoms with Gasteiger partial charge < -0.3 is 10.4 Å². The summed E-state index contributed by atoms with van der Waals surface area (Å²) in [5.41, 5.74) is 4.15. The molecule has 3 aromatic rings. The van der Waals surface area contributed by atoms with Crippen molar-refractivity contribution in [2.24, 2.45) is 0 Å². The zero-order chi connectivity index (χ0) is 17.2. The van der Waals surface area contributed by atoms with Crippen LogP contribution >= 0.6 is 24.8 Å². The van der Waals surface area contributed by atoms with E-state index in [0.717, 1.165) is 23.9 Å². The highest BCUT2D eigenvalue weighted by Gasteiger charge is 2.24. The van der Waals surface area contributed by atoms with Gasteiger partial charge in [0.25, 0.3) is 0 Å². The van der Waals surface area contributed by atoms with Crippen LogP contribution in [0.1, 0.15) is 34.3 Å². The van der Waals surface area contributed by atoms with Gasteiger partial charge in [-0.15, -0.1) is 24.8 Å². The molecule has 0 radical (unpaired) electrons. The van der Waals surface area contributed by atoms with Gasteiger partial charge in [0.1, 0.15) is 0 Å².